The third-order valence-corrected chi connectivity index (χ3v) is 2.44. The van der Waals surface area contributed by atoms with Crippen molar-refractivity contribution in [2.45, 2.75) is 12.2 Å². The molecule has 0 saturated carbocycles. The van der Waals surface area contributed by atoms with Crippen LogP contribution in [0.1, 0.15) is 17.4 Å². The standard InChI is InChI=1S/C11H8F3NO3/c12-11(13,14)6-2-1-5-3-8(9(15)10(16)17)18-7(5)4-6/h1-4,9H,15H2,(H,16,17). The number of furan rings is 1. The summed E-state index contributed by atoms with van der Waals surface area (Å²) in [4.78, 5) is 10.6. The number of carbonyl (C=O) groups is 1. The Bertz CT molecular complexity index is 603. The Morgan fingerprint density at radius 2 is 2.00 bits per heavy atom. The van der Waals surface area contributed by atoms with Gasteiger partial charge in [0.1, 0.15) is 11.3 Å². The summed E-state index contributed by atoms with van der Waals surface area (Å²) in [7, 11) is 0. The first-order valence-electron chi connectivity index (χ1n) is 4.88. The highest BCUT2D eigenvalue weighted by Gasteiger charge is 2.31. The molecule has 18 heavy (non-hydrogen) atoms. The van der Waals surface area contributed by atoms with Crippen LogP contribution in [0.25, 0.3) is 11.0 Å². The molecule has 1 aromatic heterocycles. The van der Waals surface area contributed by atoms with Crippen LogP contribution >= 0.6 is 0 Å². The Balaban J connectivity index is 2.49. The number of fused-ring (bicyclic) bond motifs is 1. The van der Waals surface area contributed by atoms with Gasteiger partial charge in [0.05, 0.1) is 5.56 Å². The lowest BCUT2D eigenvalue weighted by molar-refractivity contribution is -0.139. The van der Waals surface area contributed by atoms with Crippen LogP contribution in [0.2, 0.25) is 0 Å². The maximum absolute atomic E-state index is 12.4. The first-order chi connectivity index (χ1) is 8.29. The molecule has 0 saturated heterocycles. The van der Waals surface area contributed by atoms with Crippen molar-refractivity contribution in [3.8, 4) is 0 Å². The van der Waals surface area contributed by atoms with Gasteiger partial charge in [-0.2, -0.15) is 13.2 Å². The molecule has 4 nitrogen and oxygen atoms in total. The molecule has 0 bridgehead atoms. The van der Waals surface area contributed by atoms with E-state index in [9.17, 15) is 18.0 Å². The monoisotopic (exact) mass is 259 g/mol. The van der Waals surface area contributed by atoms with E-state index in [4.69, 9.17) is 15.3 Å². The summed E-state index contributed by atoms with van der Waals surface area (Å²) >= 11 is 0. The average molecular weight is 259 g/mol. The van der Waals surface area contributed by atoms with Gasteiger partial charge in [0.2, 0.25) is 0 Å². The van der Waals surface area contributed by atoms with Crippen molar-refractivity contribution in [3.05, 3.63) is 35.6 Å². The smallest absolute Gasteiger partial charge is 0.416 e. The van der Waals surface area contributed by atoms with Crippen LogP contribution in [0.3, 0.4) is 0 Å². The molecule has 0 fully saturated rings. The Morgan fingerprint density at radius 1 is 1.33 bits per heavy atom. The second kappa shape index (κ2) is 4.02. The molecular weight excluding hydrogens is 251 g/mol. The van der Waals surface area contributed by atoms with Gasteiger partial charge in [0, 0.05) is 5.39 Å². The van der Waals surface area contributed by atoms with E-state index < -0.39 is 23.8 Å². The molecular formula is C11H8F3NO3. The predicted molar refractivity (Wildman–Crippen MR) is 55.8 cm³/mol. The lowest BCUT2D eigenvalue weighted by Crippen LogP contribution is -2.19. The quantitative estimate of drug-likeness (QED) is 0.868. The zero-order valence-corrected chi connectivity index (χ0v) is 8.86. The normalized spacial score (nSPS) is 13.8. The van der Waals surface area contributed by atoms with Crippen LogP contribution in [0.4, 0.5) is 13.2 Å². The summed E-state index contributed by atoms with van der Waals surface area (Å²) in [6, 6.07) is 2.83. The molecule has 0 amide bonds. The van der Waals surface area contributed by atoms with E-state index in [0.717, 1.165) is 12.1 Å². The van der Waals surface area contributed by atoms with E-state index in [1.807, 2.05) is 0 Å². The topological polar surface area (TPSA) is 76.5 Å². The molecule has 1 unspecified atom stereocenters. The fourth-order valence-electron chi connectivity index (χ4n) is 1.50. The van der Waals surface area contributed by atoms with Gasteiger partial charge in [0.15, 0.2) is 6.04 Å². The van der Waals surface area contributed by atoms with Crippen molar-refractivity contribution in [1.82, 2.24) is 0 Å². The first-order valence-corrected chi connectivity index (χ1v) is 4.88. The number of hydrogen-bond donors (Lipinski definition) is 2. The van der Waals surface area contributed by atoms with Crippen molar-refractivity contribution in [3.63, 3.8) is 0 Å². The number of alkyl halides is 3. The highest BCUT2D eigenvalue weighted by molar-refractivity contribution is 5.82. The summed E-state index contributed by atoms with van der Waals surface area (Å²) in [6.07, 6.45) is -4.48. The number of nitrogens with two attached hydrogens (primary N) is 1. The van der Waals surface area contributed by atoms with E-state index in [1.54, 1.807) is 0 Å². The Kier molecular flexibility index (Phi) is 2.78. The van der Waals surface area contributed by atoms with Crippen LogP contribution < -0.4 is 5.73 Å². The van der Waals surface area contributed by atoms with Crippen molar-refractivity contribution in [2.75, 3.05) is 0 Å². The summed E-state index contributed by atoms with van der Waals surface area (Å²) in [6.45, 7) is 0. The fraction of sp³-hybridized carbons (Fsp3) is 0.182. The Morgan fingerprint density at radius 3 is 2.56 bits per heavy atom. The van der Waals surface area contributed by atoms with Crippen LogP contribution in [0.15, 0.2) is 28.7 Å². The molecule has 1 aromatic carbocycles. The molecule has 2 rings (SSSR count). The number of hydrogen-bond acceptors (Lipinski definition) is 3. The number of rotatable bonds is 2. The van der Waals surface area contributed by atoms with Gasteiger partial charge in [-0.15, -0.1) is 0 Å². The lowest BCUT2D eigenvalue weighted by atomic mass is 10.1. The highest BCUT2D eigenvalue weighted by Crippen LogP contribution is 2.33. The minimum absolute atomic E-state index is 0.0449. The second-order valence-corrected chi connectivity index (χ2v) is 3.72. The number of carboxylic acid groups (broad SMARTS) is 1. The third kappa shape index (κ3) is 2.17. The Hall–Kier alpha value is -2.02. The van der Waals surface area contributed by atoms with E-state index in [0.29, 0.717) is 5.39 Å². The largest absolute Gasteiger partial charge is 0.480 e. The molecule has 0 aliphatic rings. The summed E-state index contributed by atoms with van der Waals surface area (Å²) < 4.78 is 42.4. The van der Waals surface area contributed by atoms with E-state index in [2.05, 4.69) is 0 Å². The maximum Gasteiger partial charge on any atom is 0.416 e. The van der Waals surface area contributed by atoms with Gasteiger partial charge >= 0.3 is 12.1 Å². The van der Waals surface area contributed by atoms with Crippen LogP contribution in [-0.2, 0) is 11.0 Å². The average Bonchev–Trinajstić information content (AvgIpc) is 2.68. The van der Waals surface area contributed by atoms with Gasteiger partial charge in [-0.05, 0) is 18.2 Å². The molecule has 96 valence electrons. The van der Waals surface area contributed by atoms with Crippen molar-refractivity contribution >= 4 is 16.9 Å². The van der Waals surface area contributed by atoms with Gasteiger partial charge in [-0.1, -0.05) is 6.07 Å². The molecule has 2 aromatic rings. The van der Waals surface area contributed by atoms with Gasteiger partial charge in [-0.3, -0.25) is 4.79 Å². The first kappa shape index (κ1) is 12.4. The predicted octanol–water partition coefficient (Wildman–Crippen LogP) is 2.54. The van der Waals surface area contributed by atoms with E-state index in [-0.39, 0.29) is 11.3 Å². The minimum Gasteiger partial charge on any atom is -0.480 e. The van der Waals surface area contributed by atoms with Crippen molar-refractivity contribution in [1.29, 1.82) is 0 Å². The number of aliphatic carboxylic acids is 1. The van der Waals surface area contributed by atoms with Crippen LogP contribution in [0, 0.1) is 0 Å². The zero-order chi connectivity index (χ0) is 13.5. The minimum atomic E-state index is -4.48. The summed E-state index contributed by atoms with van der Waals surface area (Å²) in [5.74, 6) is -1.40. The van der Waals surface area contributed by atoms with Gasteiger partial charge in [0.25, 0.3) is 0 Å². The molecule has 0 aliphatic carbocycles. The van der Waals surface area contributed by atoms with Crippen molar-refractivity contribution in [2.24, 2.45) is 5.73 Å². The molecule has 1 heterocycles. The summed E-state index contributed by atoms with van der Waals surface area (Å²) in [5.41, 5.74) is 4.40. The molecule has 1 atom stereocenters. The van der Waals surface area contributed by atoms with Gasteiger partial charge in [-0.25, -0.2) is 0 Å². The Labute approximate surface area is 98.8 Å². The van der Waals surface area contributed by atoms with E-state index >= 15 is 0 Å². The molecule has 0 radical (unpaired) electrons. The fourth-order valence-corrected chi connectivity index (χ4v) is 1.50. The number of benzene rings is 1. The molecule has 0 spiro atoms. The van der Waals surface area contributed by atoms with Crippen LogP contribution in [0.5, 0.6) is 0 Å². The molecule has 7 heteroatoms. The molecule has 0 aliphatic heterocycles. The van der Waals surface area contributed by atoms with Crippen LogP contribution in [-0.4, -0.2) is 11.1 Å². The zero-order valence-electron chi connectivity index (χ0n) is 8.86. The maximum atomic E-state index is 12.4. The second-order valence-electron chi connectivity index (χ2n) is 3.72. The number of halogens is 3. The number of carboxylic acids is 1. The van der Waals surface area contributed by atoms with Crippen molar-refractivity contribution < 1.29 is 27.5 Å². The third-order valence-electron chi connectivity index (χ3n) is 2.44. The highest BCUT2D eigenvalue weighted by atomic mass is 19.4. The molecule has 3 N–H and O–H groups in total. The van der Waals surface area contributed by atoms with Gasteiger partial charge < -0.3 is 15.3 Å². The summed E-state index contributed by atoms with van der Waals surface area (Å²) in [5, 5.41) is 9.05. The lowest BCUT2D eigenvalue weighted by Gasteiger charge is -2.05. The van der Waals surface area contributed by atoms with E-state index in [1.165, 1.54) is 12.1 Å². The SMILES string of the molecule is NC(C(=O)O)c1cc2ccc(C(F)(F)F)cc2o1.